The van der Waals surface area contributed by atoms with Crippen LogP contribution in [0.2, 0.25) is 5.15 Å². The van der Waals surface area contributed by atoms with E-state index in [-0.39, 0.29) is 5.82 Å². The van der Waals surface area contributed by atoms with Crippen LogP contribution >= 0.6 is 27.5 Å². The van der Waals surface area contributed by atoms with E-state index in [0.29, 0.717) is 20.7 Å². The Bertz CT molecular complexity index is 424. The predicted molar refractivity (Wildman–Crippen MR) is 59.1 cm³/mol. The third-order valence-electron chi connectivity index (χ3n) is 2.01. The number of halogens is 3. The third-order valence-corrected chi connectivity index (χ3v) is 3.13. The summed E-state index contributed by atoms with van der Waals surface area (Å²) < 4.78 is 13.9. The zero-order chi connectivity index (χ0) is 10.3. The monoisotopic (exact) mass is 273 g/mol. The molecular formula is C10H6BrClFN. The number of nitrogens with zero attached hydrogens (tertiary/aromatic N) is 1. The Morgan fingerprint density at radius 3 is 2.79 bits per heavy atom. The molecule has 4 heteroatoms. The average molecular weight is 275 g/mol. The number of pyridine rings is 1. The van der Waals surface area contributed by atoms with Crippen LogP contribution in [-0.4, -0.2) is 4.98 Å². The van der Waals surface area contributed by atoms with Gasteiger partial charge in [0, 0.05) is 5.39 Å². The highest BCUT2D eigenvalue weighted by atomic mass is 79.9. The first-order valence-corrected chi connectivity index (χ1v) is 5.17. The maximum Gasteiger partial charge on any atom is 0.143 e. The lowest BCUT2D eigenvalue weighted by molar-refractivity contribution is 0.620. The fourth-order valence-corrected chi connectivity index (χ4v) is 1.73. The largest absolute Gasteiger partial charge is 0.235 e. The third kappa shape index (κ3) is 1.62. The van der Waals surface area contributed by atoms with Crippen LogP contribution in [0.1, 0.15) is 5.56 Å². The van der Waals surface area contributed by atoms with Crippen LogP contribution in [0.15, 0.2) is 22.7 Å². The molecule has 1 heterocycles. The standard InChI is InChI=1S/C10H6BrClFN/c1-5-2-9-6(4-8(5)13)3-7(11)10(12)14-9/h2-4H,1H3. The Kier molecular flexibility index (Phi) is 2.45. The number of hydrogen-bond acceptors (Lipinski definition) is 1. The molecule has 0 radical (unpaired) electrons. The van der Waals surface area contributed by atoms with Crippen molar-refractivity contribution in [3.63, 3.8) is 0 Å². The lowest BCUT2D eigenvalue weighted by Crippen LogP contribution is -1.87. The second kappa shape index (κ2) is 3.48. The van der Waals surface area contributed by atoms with E-state index >= 15 is 0 Å². The normalized spacial score (nSPS) is 10.9. The van der Waals surface area contributed by atoms with Crippen LogP contribution in [0.5, 0.6) is 0 Å². The van der Waals surface area contributed by atoms with E-state index in [2.05, 4.69) is 20.9 Å². The Balaban J connectivity index is 2.83. The zero-order valence-electron chi connectivity index (χ0n) is 7.31. The molecule has 0 unspecified atom stereocenters. The van der Waals surface area contributed by atoms with Crippen molar-refractivity contribution < 1.29 is 4.39 Å². The molecule has 2 aromatic rings. The zero-order valence-corrected chi connectivity index (χ0v) is 9.66. The molecule has 0 fully saturated rings. The van der Waals surface area contributed by atoms with E-state index in [9.17, 15) is 4.39 Å². The van der Waals surface area contributed by atoms with Gasteiger partial charge in [-0.2, -0.15) is 0 Å². The molecule has 0 N–H and O–H groups in total. The minimum atomic E-state index is -0.228. The number of benzene rings is 1. The Labute approximate surface area is 94.0 Å². The van der Waals surface area contributed by atoms with E-state index in [4.69, 9.17) is 11.6 Å². The molecule has 2 rings (SSSR count). The molecule has 0 aliphatic carbocycles. The van der Waals surface area contributed by atoms with Crippen LogP contribution < -0.4 is 0 Å². The van der Waals surface area contributed by atoms with Crippen molar-refractivity contribution >= 4 is 38.4 Å². The number of rotatable bonds is 0. The molecule has 0 bridgehead atoms. The number of aryl methyl sites for hydroxylation is 1. The number of fused-ring (bicyclic) bond motifs is 1. The molecule has 1 nitrogen and oxygen atoms in total. The molecule has 0 atom stereocenters. The quantitative estimate of drug-likeness (QED) is 0.659. The SMILES string of the molecule is Cc1cc2nc(Cl)c(Br)cc2cc1F. The van der Waals surface area contributed by atoms with Crippen LogP contribution in [0.4, 0.5) is 4.39 Å². The van der Waals surface area contributed by atoms with Gasteiger partial charge in [0.25, 0.3) is 0 Å². The van der Waals surface area contributed by atoms with Gasteiger partial charge in [-0.15, -0.1) is 0 Å². The summed E-state index contributed by atoms with van der Waals surface area (Å²) in [4.78, 5) is 4.13. The maximum absolute atomic E-state index is 13.2. The fourth-order valence-electron chi connectivity index (χ4n) is 1.25. The Morgan fingerprint density at radius 2 is 2.07 bits per heavy atom. The van der Waals surface area contributed by atoms with Gasteiger partial charge >= 0.3 is 0 Å². The molecule has 14 heavy (non-hydrogen) atoms. The lowest BCUT2D eigenvalue weighted by Gasteiger charge is -2.02. The van der Waals surface area contributed by atoms with Crippen molar-refractivity contribution in [2.75, 3.05) is 0 Å². The Morgan fingerprint density at radius 1 is 1.36 bits per heavy atom. The van der Waals surface area contributed by atoms with Gasteiger partial charge in [-0.05, 0) is 46.6 Å². The highest BCUT2D eigenvalue weighted by Gasteiger charge is 2.05. The summed E-state index contributed by atoms with van der Waals surface area (Å²) in [5, 5.41) is 1.13. The van der Waals surface area contributed by atoms with Gasteiger partial charge < -0.3 is 0 Å². The summed E-state index contributed by atoms with van der Waals surface area (Å²) in [6.45, 7) is 1.70. The minimum absolute atomic E-state index is 0.228. The first kappa shape index (κ1) is 9.87. The second-order valence-corrected chi connectivity index (χ2v) is 4.27. The van der Waals surface area contributed by atoms with Gasteiger partial charge in [0.2, 0.25) is 0 Å². The number of hydrogen-bond donors (Lipinski definition) is 0. The van der Waals surface area contributed by atoms with Gasteiger partial charge in [0.1, 0.15) is 11.0 Å². The lowest BCUT2D eigenvalue weighted by atomic mass is 10.1. The first-order chi connectivity index (χ1) is 6.58. The topological polar surface area (TPSA) is 12.9 Å². The van der Waals surface area contributed by atoms with Crippen molar-refractivity contribution in [1.29, 1.82) is 0 Å². The molecule has 0 aliphatic rings. The van der Waals surface area contributed by atoms with E-state index in [1.165, 1.54) is 6.07 Å². The van der Waals surface area contributed by atoms with E-state index < -0.39 is 0 Å². The maximum atomic E-state index is 13.2. The molecule has 1 aromatic heterocycles. The van der Waals surface area contributed by atoms with E-state index in [1.54, 1.807) is 19.1 Å². The summed E-state index contributed by atoms with van der Waals surface area (Å²) in [6, 6.07) is 4.90. The summed E-state index contributed by atoms with van der Waals surface area (Å²) in [5.41, 5.74) is 1.28. The molecule has 0 spiro atoms. The predicted octanol–water partition coefficient (Wildman–Crippen LogP) is 4.10. The van der Waals surface area contributed by atoms with Gasteiger partial charge in [-0.3, -0.25) is 0 Å². The molecule has 0 saturated heterocycles. The molecule has 0 amide bonds. The van der Waals surface area contributed by atoms with Gasteiger partial charge in [-0.25, -0.2) is 9.37 Å². The fraction of sp³-hybridized carbons (Fsp3) is 0.100. The molecule has 1 aromatic carbocycles. The molecule has 72 valence electrons. The van der Waals surface area contributed by atoms with Crippen LogP contribution in [-0.2, 0) is 0 Å². The van der Waals surface area contributed by atoms with Gasteiger partial charge in [-0.1, -0.05) is 11.6 Å². The van der Waals surface area contributed by atoms with Crippen LogP contribution in [0.25, 0.3) is 10.9 Å². The van der Waals surface area contributed by atoms with Crippen molar-refractivity contribution in [3.05, 3.63) is 39.2 Å². The summed E-state index contributed by atoms with van der Waals surface area (Å²) in [6.07, 6.45) is 0. The average Bonchev–Trinajstić information content (AvgIpc) is 2.11. The smallest absolute Gasteiger partial charge is 0.143 e. The van der Waals surface area contributed by atoms with E-state index in [0.717, 1.165) is 5.39 Å². The highest BCUT2D eigenvalue weighted by Crippen LogP contribution is 2.26. The van der Waals surface area contributed by atoms with E-state index in [1.807, 2.05) is 0 Å². The molecular weight excluding hydrogens is 268 g/mol. The van der Waals surface area contributed by atoms with Crippen LogP contribution in [0, 0.1) is 12.7 Å². The van der Waals surface area contributed by atoms with Gasteiger partial charge in [0.15, 0.2) is 0 Å². The Hall–Kier alpha value is -0.670. The first-order valence-electron chi connectivity index (χ1n) is 4.00. The second-order valence-electron chi connectivity index (χ2n) is 3.06. The van der Waals surface area contributed by atoms with Crippen molar-refractivity contribution in [2.24, 2.45) is 0 Å². The van der Waals surface area contributed by atoms with Crippen LogP contribution in [0.3, 0.4) is 0 Å². The molecule has 0 saturated carbocycles. The summed E-state index contributed by atoms with van der Waals surface area (Å²) in [7, 11) is 0. The van der Waals surface area contributed by atoms with Gasteiger partial charge in [0.05, 0.1) is 9.99 Å². The van der Waals surface area contributed by atoms with Crippen molar-refractivity contribution in [2.45, 2.75) is 6.92 Å². The number of aromatic nitrogens is 1. The van der Waals surface area contributed by atoms with Crippen molar-refractivity contribution in [1.82, 2.24) is 4.98 Å². The minimum Gasteiger partial charge on any atom is -0.235 e. The highest BCUT2D eigenvalue weighted by molar-refractivity contribution is 9.10. The molecule has 0 aliphatic heterocycles. The van der Waals surface area contributed by atoms with Crippen molar-refractivity contribution in [3.8, 4) is 0 Å². The summed E-state index contributed by atoms with van der Waals surface area (Å²) in [5.74, 6) is -0.228. The summed E-state index contributed by atoms with van der Waals surface area (Å²) >= 11 is 9.07.